The molecule has 1 unspecified atom stereocenters. The van der Waals surface area contributed by atoms with Crippen molar-refractivity contribution in [3.05, 3.63) is 47.0 Å². The topological polar surface area (TPSA) is 63.9 Å². The van der Waals surface area contributed by atoms with Crippen molar-refractivity contribution in [3.63, 3.8) is 0 Å². The molecule has 3 heterocycles. The Morgan fingerprint density at radius 2 is 2.32 bits per heavy atom. The standard InChI is InChI=1S/C20H26FN5O2/c1-22-20(26-6-4-15(11-26)17-9-24-25(2)10-17)23-5-3-14-7-18(21)8-16-12-27-13-28-19(14)16/h7-10,15H,3-6,11-13H2,1-2H3,(H,22,23). The number of hydrogen-bond acceptors (Lipinski definition) is 4. The number of nitrogens with zero attached hydrogens (tertiary/aromatic N) is 4. The molecular formula is C20H26FN5O2. The van der Waals surface area contributed by atoms with Crippen LogP contribution in [0.25, 0.3) is 0 Å². The lowest BCUT2D eigenvalue weighted by Crippen LogP contribution is -2.40. The number of nitrogens with one attached hydrogen (secondary N) is 1. The number of likely N-dealkylation sites (tertiary alicyclic amines) is 1. The quantitative estimate of drug-likeness (QED) is 0.643. The van der Waals surface area contributed by atoms with Gasteiger partial charge in [0, 0.05) is 51.4 Å². The van der Waals surface area contributed by atoms with Crippen LogP contribution in [0.1, 0.15) is 29.0 Å². The van der Waals surface area contributed by atoms with E-state index in [1.807, 2.05) is 17.9 Å². The molecule has 2 aliphatic heterocycles. The van der Waals surface area contributed by atoms with Gasteiger partial charge >= 0.3 is 0 Å². The summed E-state index contributed by atoms with van der Waals surface area (Å²) in [5.41, 5.74) is 2.90. The van der Waals surface area contributed by atoms with Crippen molar-refractivity contribution in [1.82, 2.24) is 20.0 Å². The van der Waals surface area contributed by atoms with Crippen molar-refractivity contribution >= 4 is 5.96 Å². The minimum atomic E-state index is -0.258. The first-order chi connectivity index (χ1) is 13.6. The second-order valence-electron chi connectivity index (χ2n) is 7.27. The number of hydrogen-bond donors (Lipinski definition) is 1. The fourth-order valence-electron chi connectivity index (χ4n) is 3.96. The van der Waals surface area contributed by atoms with Crippen molar-refractivity contribution in [2.45, 2.75) is 25.4 Å². The van der Waals surface area contributed by atoms with Crippen LogP contribution < -0.4 is 10.1 Å². The summed E-state index contributed by atoms with van der Waals surface area (Å²) in [5.74, 6) is 1.84. The second-order valence-corrected chi connectivity index (χ2v) is 7.27. The highest BCUT2D eigenvalue weighted by Crippen LogP contribution is 2.30. The molecular weight excluding hydrogens is 361 g/mol. The number of rotatable bonds is 4. The predicted octanol–water partition coefficient (Wildman–Crippen LogP) is 2.03. The molecule has 1 aromatic heterocycles. The highest BCUT2D eigenvalue weighted by atomic mass is 19.1. The maximum absolute atomic E-state index is 13.9. The van der Waals surface area contributed by atoms with Gasteiger partial charge < -0.3 is 19.7 Å². The van der Waals surface area contributed by atoms with Crippen LogP contribution in [0, 0.1) is 5.82 Å². The van der Waals surface area contributed by atoms with E-state index in [0.29, 0.717) is 25.5 Å². The number of fused-ring (bicyclic) bond motifs is 1. The zero-order valence-electron chi connectivity index (χ0n) is 16.3. The summed E-state index contributed by atoms with van der Waals surface area (Å²) in [5, 5.41) is 7.69. The number of aromatic nitrogens is 2. The van der Waals surface area contributed by atoms with Crippen molar-refractivity contribution in [3.8, 4) is 5.75 Å². The van der Waals surface area contributed by atoms with Crippen molar-refractivity contribution < 1.29 is 13.9 Å². The zero-order chi connectivity index (χ0) is 19.5. The lowest BCUT2D eigenvalue weighted by Gasteiger charge is -2.23. The summed E-state index contributed by atoms with van der Waals surface area (Å²) >= 11 is 0. The molecule has 0 aliphatic carbocycles. The third-order valence-electron chi connectivity index (χ3n) is 5.32. The van der Waals surface area contributed by atoms with Crippen LogP contribution in [0.5, 0.6) is 5.75 Å². The fourth-order valence-corrected chi connectivity index (χ4v) is 3.96. The first-order valence-corrected chi connectivity index (χ1v) is 9.60. The minimum absolute atomic E-state index is 0.213. The molecule has 1 atom stereocenters. The Bertz CT molecular complexity index is 866. The van der Waals surface area contributed by atoms with Gasteiger partial charge in [-0.15, -0.1) is 0 Å². The van der Waals surface area contributed by atoms with Gasteiger partial charge in [-0.25, -0.2) is 4.39 Å². The van der Waals surface area contributed by atoms with Gasteiger partial charge in [0.25, 0.3) is 0 Å². The Kier molecular flexibility index (Phi) is 5.47. The van der Waals surface area contributed by atoms with E-state index in [-0.39, 0.29) is 12.6 Å². The lowest BCUT2D eigenvalue weighted by atomic mass is 10.0. The van der Waals surface area contributed by atoms with Crippen LogP contribution in [0.3, 0.4) is 0 Å². The number of guanidine groups is 1. The van der Waals surface area contributed by atoms with Crippen LogP contribution >= 0.6 is 0 Å². The normalized spacial score (nSPS) is 19.5. The molecule has 1 fully saturated rings. The Hall–Kier alpha value is -2.61. The molecule has 4 rings (SSSR count). The summed E-state index contributed by atoms with van der Waals surface area (Å²) in [7, 11) is 3.74. The second kappa shape index (κ2) is 8.18. The van der Waals surface area contributed by atoms with Crippen LogP contribution in [0.2, 0.25) is 0 Å². The van der Waals surface area contributed by atoms with Gasteiger partial charge in [0.2, 0.25) is 0 Å². The van der Waals surface area contributed by atoms with E-state index in [4.69, 9.17) is 9.47 Å². The molecule has 2 aromatic rings. The Balaban J connectivity index is 1.35. The molecule has 8 heteroatoms. The molecule has 1 N–H and O–H groups in total. The molecule has 0 spiro atoms. The Morgan fingerprint density at radius 1 is 1.43 bits per heavy atom. The number of aliphatic imine (C=N–C) groups is 1. The van der Waals surface area contributed by atoms with Gasteiger partial charge in [0.1, 0.15) is 11.6 Å². The van der Waals surface area contributed by atoms with E-state index in [2.05, 4.69) is 26.5 Å². The van der Waals surface area contributed by atoms with Crippen LogP contribution in [-0.4, -0.2) is 54.1 Å². The monoisotopic (exact) mass is 387 g/mol. The van der Waals surface area contributed by atoms with E-state index in [9.17, 15) is 4.39 Å². The molecule has 0 saturated carbocycles. The van der Waals surface area contributed by atoms with E-state index < -0.39 is 0 Å². The molecule has 150 valence electrons. The Morgan fingerprint density at radius 3 is 3.11 bits per heavy atom. The predicted molar refractivity (Wildman–Crippen MR) is 104 cm³/mol. The molecule has 28 heavy (non-hydrogen) atoms. The first kappa shape index (κ1) is 18.7. The van der Waals surface area contributed by atoms with Crippen molar-refractivity contribution in [2.75, 3.05) is 33.5 Å². The highest BCUT2D eigenvalue weighted by Gasteiger charge is 2.27. The maximum atomic E-state index is 13.9. The smallest absolute Gasteiger partial charge is 0.193 e. The minimum Gasteiger partial charge on any atom is -0.467 e. The summed E-state index contributed by atoms with van der Waals surface area (Å²) < 4.78 is 26.6. The third-order valence-corrected chi connectivity index (χ3v) is 5.32. The van der Waals surface area contributed by atoms with E-state index in [1.54, 1.807) is 13.1 Å². The SMILES string of the molecule is CN=C(NCCc1cc(F)cc2c1OCOC2)N1CCC(c2cnn(C)c2)C1. The average molecular weight is 387 g/mol. The maximum Gasteiger partial charge on any atom is 0.193 e. The zero-order valence-corrected chi connectivity index (χ0v) is 16.3. The average Bonchev–Trinajstić information content (AvgIpc) is 3.34. The van der Waals surface area contributed by atoms with Crippen LogP contribution in [-0.2, 0) is 24.8 Å². The van der Waals surface area contributed by atoms with Crippen LogP contribution in [0.15, 0.2) is 29.5 Å². The van der Waals surface area contributed by atoms with E-state index in [0.717, 1.165) is 42.3 Å². The van der Waals surface area contributed by atoms with E-state index >= 15 is 0 Å². The van der Waals surface area contributed by atoms with E-state index in [1.165, 1.54) is 11.6 Å². The first-order valence-electron chi connectivity index (χ1n) is 9.60. The van der Waals surface area contributed by atoms with Gasteiger partial charge in [-0.1, -0.05) is 0 Å². The molecule has 2 aliphatic rings. The number of benzene rings is 1. The summed E-state index contributed by atoms with van der Waals surface area (Å²) in [6, 6.07) is 3.02. The molecule has 1 aromatic carbocycles. The highest BCUT2D eigenvalue weighted by molar-refractivity contribution is 5.80. The summed E-state index contributed by atoms with van der Waals surface area (Å²) in [6.07, 6.45) is 5.76. The van der Waals surface area contributed by atoms with Crippen LogP contribution in [0.4, 0.5) is 4.39 Å². The molecule has 7 nitrogen and oxygen atoms in total. The van der Waals surface area contributed by atoms with Gasteiger partial charge in [0.15, 0.2) is 12.8 Å². The van der Waals surface area contributed by atoms with Gasteiger partial charge in [-0.3, -0.25) is 9.67 Å². The number of ether oxygens (including phenoxy) is 2. The molecule has 0 amide bonds. The van der Waals surface area contributed by atoms with Gasteiger partial charge in [-0.2, -0.15) is 5.10 Å². The number of halogens is 1. The third kappa shape index (κ3) is 3.96. The van der Waals surface area contributed by atoms with Gasteiger partial charge in [0.05, 0.1) is 12.8 Å². The fraction of sp³-hybridized carbons (Fsp3) is 0.500. The molecule has 0 radical (unpaired) electrons. The molecule has 1 saturated heterocycles. The van der Waals surface area contributed by atoms with Crippen molar-refractivity contribution in [1.29, 1.82) is 0 Å². The Labute approximate surface area is 164 Å². The summed E-state index contributed by atoms with van der Waals surface area (Å²) in [6.45, 7) is 3.13. The lowest BCUT2D eigenvalue weighted by molar-refractivity contribution is -0.0172. The molecule has 0 bridgehead atoms. The summed E-state index contributed by atoms with van der Waals surface area (Å²) in [4.78, 5) is 6.69. The number of aryl methyl sites for hydroxylation is 1. The van der Waals surface area contributed by atoms with Gasteiger partial charge in [-0.05, 0) is 36.1 Å². The van der Waals surface area contributed by atoms with Crippen molar-refractivity contribution in [2.24, 2.45) is 12.0 Å². The largest absolute Gasteiger partial charge is 0.467 e.